The third-order valence-corrected chi connectivity index (χ3v) is 2.28. The summed E-state index contributed by atoms with van der Waals surface area (Å²) in [4.78, 5) is 4.32. The lowest BCUT2D eigenvalue weighted by atomic mass is 10.3. The van der Waals surface area contributed by atoms with Crippen LogP contribution in [0.15, 0.2) is 6.07 Å². The van der Waals surface area contributed by atoms with Gasteiger partial charge in [-0.15, -0.1) is 0 Å². The van der Waals surface area contributed by atoms with Gasteiger partial charge < -0.3 is 10.6 Å². The van der Waals surface area contributed by atoms with Crippen molar-refractivity contribution in [3.8, 4) is 0 Å². The summed E-state index contributed by atoms with van der Waals surface area (Å²) in [6.45, 7) is 6.82. The van der Waals surface area contributed by atoms with Crippen LogP contribution in [0.3, 0.4) is 0 Å². The number of anilines is 2. The van der Waals surface area contributed by atoms with Crippen molar-refractivity contribution in [2.75, 3.05) is 17.2 Å². The van der Waals surface area contributed by atoms with Crippen molar-refractivity contribution >= 4 is 34.8 Å². The largest absolute Gasteiger partial charge is 0.369 e. The van der Waals surface area contributed by atoms with Gasteiger partial charge in [-0.2, -0.15) is 0 Å². The Morgan fingerprint density at radius 3 is 2.40 bits per heavy atom. The number of hydrogen-bond acceptors (Lipinski definition) is 3. The summed E-state index contributed by atoms with van der Waals surface area (Å²) < 4.78 is 0. The number of halogens is 2. The van der Waals surface area contributed by atoms with E-state index >= 15 is 0 Å². The fraction of sp³-hybridized carbons (Fsp3) is 0.500. The SMILES string of the molecule is CCNc1nc(NC(C)C)c(Cl)cc1Cl. The lowest BCUT2D eigenvalue weighted by Crippen LogP contribution is -2.12. The first-order valence-corrected chi connectivity index (χ1v) is 5.66. The molecule has 1 aromatic heterocycles. The van der Waals surface area contributed by atoms with Crippen LogP contribution in [-0.2, 0) is 0 Å². The molecule has 0 aliphatic rings. The van der Waals surface area contributed by atoms with E-state index in [9.17, 15) is 0 Å². The Balaban J connectivity index is 3.00. The molecule has 0 saturated heterocycles. The Morgan fingerprint density at radius 1 is 1.27 bits per heavy atom. The number of nitrogens with one attached hydrogen (secondary N) is 2. The van der Waals surface area contributed by atoms with Crippen molar-refractivity contribution in [3.05, 3.63) is 16.1 Å². The molecule has 84 valence electrons. The van der Waals surface area contributed by atoms with Crippen LogP contribution in [0.4, 0.5) is 11.6 Å². The van der Waals surface area contributed by atoms with E-state index in [1.165, 1.54) is 0 Å². The highest BCUT2D eigenvalue weighted by Gasteiger charge is 2.09. The Bertz CT molecular complexity index is 340. The summed E-state index contributed by atoms with van der Waals surface area (Å²) in [5.41, 5.74) is 0. The van der Waals surface area contributed by atoms with Gasteiger partial charge in [0, 0.05) is 12.6 Å². The van der Waals surface area contributed by atoms with Gasteiger partial charge in [-0.1, -0.05) is 23.2 Å². The zero-order valence-electron chi connectivity index (χ0n) is 9.06. The van der Waals surface area contributed by atoms with Gasteiger partial charge in [0.2, 0.25) is 0 Å². The molecule has 0 fully saturated rings. The van der Waals surface area contributed by atoms with Crippen LogP contribution >= 0.6 is 23.2 Å². The second-order valence-electron chi connectivity index (χ2n) is 3.48. The molecule has 3 nitrogen and oxygen atoms in total. The molecule has 0 spiro atoms. The fourth-order valence-corrected chi connectivity index (χ4v) is 1.61. The van der Waals surface area contributed by atoms with Gasteiger partial charge in [0.05, 0.1) is 10.0 Å². The highest BCUT2D eigenvalue weighted by Crippen LogP contribution is 2.29. The minimum absolute atomic E-state index is 0.283. The van der Waals surface area contributed by atoms with E-state index in [1.807, 2.05) is 20.8 Å². The maximum Gasteiger partial charge on any atom is 0.147 e. The number of nitrogens with zero attached hydrogens (tertiary/aromatic N) is 1. The van der Waals surface area contributed by atoms with Gasteiger partial charge in [-0.3, -0.25) is 0 Å². The van der Waals surface area contributed by atoms with E-state index in [4.69, 9.17) is 23.2 Å². The Labute approximate surface area is 100 Å². The summed E-state index contributed by atoms with van der Waals surface area (Å²) in [5, 5.41) is 7.31. The van der Waals surface area contributed by atoms with Crippen LogP contribution < -0.4 is 10.6 Å². The molecular formula is C10H15Cl2N3. The zero-order chi connectivity index (χ0) is 11.4. The van der Waals surface area contributed by atoms with Crippen LogP contribution in [0.5, 0.6) is 0 Å². The molecule has 1 rings (SSSR count). The van der Waals surface area contributed by atoms with Crippen LogP contribution in [0, 0.1) is 0 Å². The zero-order valence-corrected chi connectivity index (χ0v) is 10.6. The monoisotopic (exact) mass is 247 g/mol. The maximum atomic E-state index is 6.01. The third kappa shape index (κ3) is 3.43. The molecule has 0 radical (unpaired) electrons. The topological polar surface area (TPSA) is 37.0 Å². The Hall–Kier alpha value is -0.670. The maximum absolute atomic E-state index is 6.01. The van der Waals surface area contributed by atoms with Crippen molar-refractivity contribution in [1.29, 1.82) is 0 Å². The number of pyridine rings is 1. The van der Waals surface area contributed by atoms with Crippen molar-refractivity contribution in [2.24, 2.45) is 0 Å². The molecule has 2 N–H and O–H groups in total. The number of rotatable bonds is 4. The highest BCUT2D eigenvalue weighted by atomic mass is 35.5. The molecule has 0 aliphatic carbocycles. The molecule has 0 bridgehead atoms. The van der Waals surface area contributed by atoms with E-state index in [0.717, 1.165) is 6.54 Å². The molecule has 0 aromatic carbocycles. The first-order chi connectivity index (χ1) is 7.04. The number of aromatic nitrogens is 1. The minimum Gasteiger partial charge on any atom is -0.369 e. The minimum atomic E-state index is 0.283. The van der Waals surface area contributed by atoms with Gasteiger partial charge in [0.25, 0.3) is 0 Å². The lowest BCUT2D eigenvalue weighted by molar-refractivity contribution is 0.889. The molecule has 5 heteroatoms. The highest BCUT2D eigenvalue weighted by molar-refractivity contribution is 6.37. The molecule has 0 unspecified atom stereocenters. The average molecular weight is 248 g/mol. The van der Waals surface area contributed by atoms with E-state index in [1.54, 1.807) is 6.07 Å². The first-order valence-electron chi connectivity index (χ1n) is 4.91. The second-order valence-corrected chi connectivity index (χ2v) is 4.29. The molecule has 0 aliphatic heterocycles. The van der Waals surface area contributed by atoms with Gasteiger partial charge in [0.15, 0.2) is 0 Å². The Kier molecular flexibility index (Phi) is 4.48. The van der Waals surface area contributed by atoms with Crippen molar-refractivity contribution < 1.29 is 0 Å². The summed E-state index contributed by atoms with van der Waals surface area (Å²) in [6.07, 6.45) is 0. The van der Waals surface area contributed by atoms with Crippen molar-refractivity contribution in [2.45, 2.75) is 26.8 Å². The van der Waals surface area contributed by atoms with E-state index in [-0.39, 0.29) is 6.04 Å². The molecule has 15 heavy (non-hydrogen) atoms. The average Bonchev–Trinajstić information content (AvgIpc) is 2.12. The summed E-state index contributed by atoms with van der Waals surface area (Å²) in [6, 6.07) is 1.98. The van der Waals surface area contributed by atoms with Crippen molar-refractivity contribution in [3.63, 3.8) is 0 Å². The fourth-order valence-electron chi connectivity index (χ4n) is 1.13. The van der Waals surface area contributed by atoms with Crippen LogP contribution in [0.25, 0.3) is 0 Å². The first kappa shape index (κ1) is 12.4. The smallest absolute Gasteiger partial charge is 0.147 e. The van der Waals surface area contributed by atoms with Crippen LogP contribution in [0.1, 0.15) is 20.8 Å². The third-order valence-electron chi connectivity index (χ3n) is 1.70. The molecule has 0 atom stereocenters. The van der Waals surface area contributed by atoms with E-state index in [0.29, 0.717) is 21.7 Å². The molecule has 1 heterocycles. The number of hydrogen-bond donors (Lipinski definition) is 2. The van der Waals surface area contributed by atoms with Crippen molar-refractivity contribution in [1.82, 2.24) is 4.98 Å². The lowest BCUT2D eigenvalue weighted by Gasteiger charge is -2.13. The standard InChI is InChI=1S/C10H15Cl2N3/c1-4-13-9-7(11)5-8(12)10(15-9)14-6(2)3/h5-6H,4H2,1-3H3,(H2,13,14,15). The van der Waals surface area contributed by atoms with Gasteiger partial charge >= 0.3 is 0 Å². The predicted molar refractivity (Wildman–Crippen MR) is 67.2 cm³/mol. The van der Waals surface area contributed by atoms with E-state index in [2.05, 4.69) is 15.6 Å². The van der Waals surface area contributed by atoms with Crippen LogP contribution in [-0.4, -0.2) is 17.6 Å². The van der Waals surface area contributed by atoms with Gasteiger partial charge in [-0.25, -0.2) is 4.98 Å². The quantitative estimate of drug-likeness (QED) is 0.854. The second kappa shape index (κ2) is 5.42. The predicted octanol–water partition coefficient (Wildman–Crippen LogP) is 3.64. The summed E-state index contributed by atoms with van der Waals surface area (Å²) in [7, 11) is 0. The van der Waals surface area contributed by atoms with E-state index < -0.39 is 0 Å². The molecule has 0 saturated carbocycles. The molecule has 1 aromatic rings. The van der Waals surface area contributed by atoms with Crippen LogP contribution in [0.2, 0.25) is 10.0 Å². The Morgan fingerprint density at radius 2 is 1.87 bits per heavy atom. The normalized spacial score (nSPS) is 10.5. The summed E-state index contributed by atoms with van der Waals surface area (Å²) >= 11 is 12.0. The summed E-state index contributed by atoms with van der Waals surface area (Å²) in [5.74, 6) is 1.32. The van der Waals surface area contributed by atoms with Gasteiger partial charge in [0.1, 0.15) is 11.6 Å². The van der Waals surface area contributed by atoms with Gasteiger partial charge in [-0.05, 0) is 26.8 Å². The molecule has 0 amide bonds. The molecular weight excluding hydrogens is 233 g/mol.